The molecule has 3 N–H and O–H groups in total. The molecule has 0 atom stereocenters. The van der Waals surface area contributed by atoms with Crippen molar-refractivity contribution < 1.29 is 30.8 Å². The van der Waals surface area contributed by atoms with Crippen molar-refractivity contribution in [3.8, 4) is 5.75 Å². The van der Waals surface area contributed by atoms with Gasteiger partial charge >= 0.3 is 0 Å². The third-order valence-corrected chi connectivity index (χ3v) is 6.96. The maximum atomic E-state index is 13.4. The van der Waals surface area contributed by atoms with Gasteiger partial charge in [0.25, 0.3) is 5.91 Å². The van der Waals surface area contributed by atoms with Crippen molar-refractivity contribution in [1.29, 1.82) is 0 Å². The van der Waals surface area contributed by atoms with E-state index >= 15 is 0 Å². The number of anilines is 2. The zero-order valence-corrected chi connectivity index (χ0v) is 20.6. The molecule has 0 aliphatic rings. The van der Waals surface area contributed by atoms with E-state index in [0.29, 0.717) is 23.6 Å². The number of rotatable bonds is 9. The Morgan fingerprint density at radius 3 is 2.17 bits per heavy atom. The number of benzene rings is 3. The van der Waals surface area contributed by atoms with Crippen LogP contribution >= 0.6 is 0 Å². The average Bonchev–Trinajstić information content (AvgIpc) is 2.78. The van der Waals surface area contributed by atoms with Crippen molar-refractivity contribution >= 4 is 37.3 Å². The third-order valence-electron chi connectivity index (χ3n) is 4.89. The fourth-order valence-electron chi connectivity index (χ4n) is 3.23. The van der Waals surface area contributed by atoms with Crippen LogP contribution in [0.2, 0.25) is 0 Å². The van der Waals surface area contributed by atoms with Gasteiger partial charge in [0.05, 0.1) is 30.0 Å². The van der Waals surface area contributed by atoms with E-state index in [2.05, 4.69) is 5.32 Å². The highest BCUT2D eigenvalue weighted by Crippen LogP contribution is 2.27. The van der Waals surface area contributed by atoms with Gasteiger partial charge < -0.3 is 10.1 Å². The molecule has 0 heterocycles. The van der Waals surface area contributed by atoms with Crippen LogP contribution in [0.5, 0.6) is 5.75 Å². The van der Waals surface area contributed by atoms with Gasteiger partial charge in [0.1, 0.15) is 11.6 Å². The molecule has 0 aromatic heterocycles. The number of nitrogens with two attached hydrogens (primary N) is 1. The van der Waals surface area contributed by atoms with Gasteiger partial charge in [-0.2, -0.15) is 0 Å². The summed E-state index contributed by atoms with van der Waals surface area (Å²) in [5.41, 5.74) is 1.22. The van der Waals surface area contributed by atoms with Crippen LogP contribution in [0.25, 0.3) is 0 Å². The van der Waals surface area contributed by atoms with Crippen LogP contribution in [0.3, 0.4) is 0 Å². The second kappa shape index (κ2) is 10.4. The first-order valence-corrected chi connectivity index (χ1v) is 13.7. The minimum Gasteiger partial charge on any atom is -0.494 e. The molecule has 3 aromatic carbocycles. The largest absolute Gasteiger partial charge is 0.494 e. The van der Waals surface area contributed by atoms with Gasteiger partial charge in [0.2, 0.25) is 20.0 Å². The quantitative estimate of drug-likeness (QED) is 0.444. The van der Waals surface area contributed by atoms with Crippen LogP contribution < -0.4 is 19.5 Å². The normalized spacial score (nSPS) is 11.7. The maximum Gasteiger partial charge on any atom is 0.255 e. The average molecular weight is 522 g/mol. The summed E-state index contributed by atoms with van der Waals surface area (Å²) in [4.78, 5) is 12.7. The first-order chi connectivity index (χ1) is 16.4. The minimum absolute atomic E-state index is 0.0967. The second-order valence-electron chi connectivity index (χ2n) is 7.53. The zero-order valence-electron chi connectivity index (χ0n) is 18.9. The summed E-state index contributed by atoms with van der Waals surface area (Å²) < 4.78 is 67.9. The summed E-state index contributed by atoms with van der Waals surface area (Å²) in [5.74, 6) is -0.629. The van der Waals surface area contributed by atoms with Crippen molar-refractivity contribution in [3.63, 3.8) is 0 Å². The van der Waals surface area contributed by atoms with Gasteiger partial charge in [-0.05, 0) is 73.7 Å². The Labute approximate surface area is 203 Å². The van der Waals surface area contributed by atoms with Crippen molar-refractivity contribution in [2.75, 3.05) is 22.5 Å². The van der Waals surface area contributed by atoms with E-state index < -0.39 is 31.8 Å². The van der Waals surface area contributed by atoms with Gasteiger partial charge in [-0.1, -0.05) is 0 Å². The highest BCUT2D eigenvalue weighted by Gasteiger charge is 2.21. The van der Waals surface area contributed by atoms with Crippen LogP contribution in [0.15, 0.2) is 71.6 Å². The Bertz CT molecular complexity index is 1430. The molecule has 0 aliphatic heterocycles. The molecule has 0 aliphatic carbocycles. The van der Waals surface area contributed by atoms with Gasteiger partial charge in [-0.25, -0.2) is 26.4 Å². The molecule has 3 rings (SSSR count). The molecule has 0 bridgehead atoms. The lowest BCUT2D eigenvalue weighted by Gasteiger charge is -2.24. The topological polar surface area (TPSA) is 136 Å². The number of carbonyl (C=O) groups is 1. The van der Waals surface area contributed by atoms with Crippen molar-refractivity contribution in [2.45, 2.75) is 18.4 Å². The fourth-order valence-corrected chi connectivity index (χ4v) is 4.63. The minimum atomic E-state index is -3.87. The number of amides is 1. The Morgan fingerprint density at radius 2 is 1.63 bits per heavy atom. The molecule has 0 spiro atoms. The van der Waals surface area contributed by atoms with Crippen molar-refractivity contribution in [3.05, 3.63) is 83.7 Å². The fraction of sp³-hybridized carbons (Fsp3) is 0.174. The number of hydrogen-bond donors (Lipinski definition) is 2. The van der Waals surface area contributed by atoms with E-state index in [9.17, 15) is 26.0 Å². The number of sulfonamides is 2. The second-order valence-corrected chi connectivity index (χ2v) is 11.0. The molecule has 0 unspecified atom stereocenters. The highest BCUT2D eigenvalue weighted by molar-refractivity contribution is 7.92. The molecule has 12 heteroatoms. The summed E-state index contributed by atoms with van der Waals surface area (Å²) in [6.07, 6.45) is 1.03. The first-order valence-electron chi connectivity index (χ1n) is 10.3. The summed E-state index contributed by atoms with van der Waals surface area (Å²) in [7, 11) is -7.63. The van der Waals surface area contributed by atoms with E-state index in [1.54, 1.807) is 13.0 Å². The molecule has 35 heavy (non-hydrogen) atoms. The molecule has 0 fully saturated rings. The number of primary sulfonamides is 1. The molecule has 0 saturated heterocycles. The van der Waals surface area contributed by atoms with E-state index in [1.807, 2.05) is 0 Å². The molecule has 186 valence electrons. The van der Waals surface area contributed by atoms with Crippen LogP contribution in [0.4, 0.5) is 15.8 Å². The number of nitrogens with zero attached hydrogens (tertiary/aromatic N) is 1. The van der Waals surface area contributed by atoms with E-state index in [1.165, 1.54) is 48.5 Å². The predicted octanol–water partition coefficient (Wildman–Crippen LogP) is 3.09. The van der Waals surface area contributed by atoms with Crippen LogP contribution in [0, 0.1) is 5.82 Å². The monoisotopic (exact) mass is 521 g/mol. The molecule has 3 aromatic rings. The number of ether oxygens (including phenoxy) is 1. The van der Waals surface area contributed by atoms with Crippen LogP contribution in [-0.4, -0.2) is 35.6 Å². The maximum absolute atomic E-state index is 13.4. The molecular weight excluding hydrogens is 497 g/mol. The molecular formula is C23H24FN3O6S2. The highest BCUT2D eigenvalue weighted by atomic mass is 32.2. The zero-order chi connectivity index (χ0) is 25.8. The third kappa shape index (κ3) is 6.78. The Morgan fingerprint density at radius 1 is 1.00 bits per heavy atom. The van der Waals surface area contributed by atoms with Gasteiger partial charge in [0.15, 0.2) is 0 Å². The van der Waals surface area contributed by atoms with E-state index in [-0.39, 0.29) is 22.7 Å². The number of carbonyl (C=O) groups excluding carboxylic acids is 1. The number of halogens is 1. The number of hydrogen-bond acceptors (Lipinski definition) is 6. The SMILES string of the molecule is CCOc1ccc(C(=O)Nc2ccc(S(N)(=O)=O)cc2)cc1CN(c1ccc(F)cc1)S(C)(=O)=O. The summed E-state index contributed by atoms with van der Waals surface area (Å²) in [6, 6.07) is 14.9. The van der Waals surface area contributed by atoms with Crippen molar-refractivity contribution in [1.82, 2.24) is 0 Å². The molecule has 9 nitrogen and oxygen atoms in total. The Hall–Kier alpha value is -3.48. The Kier molecular flexibility index (Phi) is 7.78. The lowest BCUT2D eigenvalue weighted by Crippen LogP contribution is -2.29. The smallest absolute Gasteiger partial charge is 0.255 e. The predicted molar refractivity (Wildman–Crippen MR) is 131 cm³/mol. The lowest BCUT2D eigenvalue weighted by molar-refractivity contribution is 0.102. The van der Waals surface area contributed by atoms with Gasteiger partial charge in [-0.3, -0.25) is 9.10 Å². The van der Waals surface area contributed by atoms with Gasteiger partial charge in [-0.15, -0.1) is 0 Å². The Balaban J connectivity index is 1.92. The summed E-state index contributed by atoms with van der Waals surface area (Å²) in [5, 5.41) is 7.73. The molecule has 0 radical (unpaired) electrons. The molecule has 0 saturated carbocycles. The first kappa shape index (κ1) is 26.1. The lowest BCUT2D eigenvalue weighted by atomic mass is 10.1. The number of nitrogens with one attached hydrogen (secondary N) is 1. The standard InChI is InChI=1S/C23H24FN3O6S2/c1-3-33-22-13-4-16(23(28)26-19-7-11-21(12-8-19)35(25,31)32)14-17(22)15-27(34(2,29)30)20-9-5-18(24)6-10-20/h4-14H,3,15H2,1-2H3,(H,26,28)(H2,25,31,32). The molecule has 1 amide bonds. The summed E-state index contributed by atoms with van der Waals surface area (Å²) >= 11 is 0. The van der Waals surface area contributed by atoms with E-state index in [0.717, 1.165) is 22.7 Å². The van der Waals surface area contributed by atoms with Crippen LogP contribution in [-0.2, 0) is 26.6 Å². The van der Waals surface area contributed by atoms with E-state index in [4.69, 9.17) is 9.88 Å². The van der Waals surface area contributed by atoms with Crippen molar-refractivity contribution in [2.24, 2.45) is 5.14 Å². The van der Waals surface area contributed by atoms with Gasteiger partial charge in [0, 0.05) is 16.8 Å². The van der Waals surface area contributed by atoms with Crippen LogP contribution in [0.1, 0.15) is 22.8 Å². The summed E-state index contributed by atoms with van der Waals surface area (Å²) in [6.45, 7) is 1.91.